The maximum absolute atomic E-state index is 12.7. The number of carbonyl (C=O) groups excluding carboxylic acids is 1. The van der Waals surface area contributed by atoms with Crippen molar-refractivity contribution in [3.05, 3.63) is 29.3 Å². The van der Waals surface area contributed by atoms with Crippen LogP contribution in [0.4, 0.5) is 5.69 Å². The summed E-state index contributed by atoms with van der Waals surface area (Å²) in [7, 11) is 0. The molecule has 0 radical (unpaired) electrons. The van der Waals surface area contributed by atoms with E-state index in [1.807, 2.05) is 0 Å². The second-order valence-electron chi connectivity index (χ2n) is 6.53. The van der Waals surface area contributed by atoms with Crippen LogP contribution in [0.15, 0.2) is 18.2 Å². The number of anilines is 1. The Morgan fingerprint density at radius 2 is 2.10 bits per heavy atom. The highest BCUT2D eigenvalue weighted by Crippen LogP contribution is 2.35. The monoisotopic (exact) mass is 272 g/mol. The van der Waals surface area contributed by atoms with Crippen LogP contribution in [0.2, 0.25) is 0 Å². The van der Waals surface area contributed by atoms with Crippen molar-refractivity contribution in [2.45, 2.75) is 39.5 Å². The van der Waals surface area contributed by atoms with Crippen molar-refractivity contribution in [2.75, 3.05) is 18.4 Å². The number of amides is 1. The summed E-state index contributed by atoms with van der Waals surface area (Å²) >= 11 is 0. The van der Waals surface area contributed by atoms with Crippen LogP contribution in [-0.4, -0.2) is 19.0 Å². The number of aryl methyl sites for hydroxylation is 2. The smallest absolute Gasteiger partial charge is 0.232 e. The normalized spacial score (nSPS) is 24.9. The van der Waals surface area contributed by atoms with Gasteiger partial charge in [-0.1, -0.05) is 19.9 Å². The number of nitrogens with one attached hydrogen (secondary N) is 2. The van der Waals surface area contributed by atoms with Gasteiger partial charge in [0.2, 0.25) is 5.91 Å². The molecule has 3 heteroatoms. The minimum absolute atomic E-state index is 0.176. The van der Waals surface area contributed by atoms with Crippen LogP contribution >= 0.6 is 0 Å². The number of rotatable bonds is 3. The molecule has 1 unspecified atom stereocenters. The van der Waals surface area contributed by atoms with Gasteiger partial charge >= 0.3 is 0 Å². The van der Waals surface area contributed by atoms with E-state index >= 15 is 0 Å². The van der Waals surface area contributed by atoms with Crippen LogP contribution < -0.4 is 10.6 Å². The van der Waals surface area contributed by atoms with Gasteiger partial charge < -0.3 is 10.6 Å². The Bertz CT molecular complexity index is 516. The van der Waals surface area contributed by atoms with E-state index < -0.39 is 0 Å². The molecule has 1 atom stereocenters. The lowest BCUT2D eigenvalue weighted by molar-refractivity contribution is -0.126. The van der Waals surface area contributed by atoms with Crippen molar-refractivity contribution in [3.8, 4) is 0 Å². The van der Waals surface area contributed by atoms with Gasteiger partial charge in [-0.3, -0.25) is 4.79 Å². The molecule has 2 aliphatic rings. The summed E-state index contributed by atoms with van der Waals surface area (Å²) < 4.78 is 0. The van der Waals surface area contributed by atoms with E-state index in [9.17, 15) is 4.79 Å². The molecule has 1 amide bonds. The van der Waals surface area contributed by atoms with Crippen LogP contribution in [0.5, 0.6) is 0 Å². The van der Waals surface area contributed by atoms with E-state index in [0.717, 1.165) is 31.6 Å². The van der Waals surface area contributed by atoms with Gasteiger partial charge in [-0.2, -0.15) is 0 Å². The average Bonchev–Trinajstić information content (AvgIpc) is 3.07. The van der Waals surface area contributed by atoms with Crippen LogP contribution in [-0.2, 0) is 17.6 Å². The van der Waals surface area contributed by atoms with Gasteiger partial charge in [0.15, 0.2) is 0 Å². The molecular formula is C17H24N2O. The molecule has 1 fully saturated rings. The Morgan fingerprint density at radius 1 is 1.30 bits per heavy atom. The summed E-state index contributed by atoms with van der Waals surface area (Å²) in [6, 6.07) is 6.39. The zero-order valence-electron chi connectivity index (χ0n) is 12.5. The second-order valence-corrected chi connectivity index (χ2v) is 6.53. The zero-order chi connectivity index (χ0) is 14.2. The lowest BCUT2D eigenvalue weighted by Gasteiger charge is -2.31. The highest BCUT2D eigenvalue weighted by Gasteiger charge is 2.43. The summed E-state index contributed by atoms with van der Waals surface area (Å²) in [5.74, 6) is 0.530. The summed E-state index contributed by atoms with van der Waals surface area (Å²) in [4.78, 5) is 12.7. The summed E-state index contributed by atoms with van der Waals surface area (Å²) in [6.45, 7) is 6.03. The molecule has 0 bridgehead atoms. The molecule has 1 heterocycles. The quantitative estimate of drug-likeness (QED) is 0.888. The average molecular weight is 272 g/mol. The van der Waals surface area contributed by atoms with Gasteiger partial charge in [-0.05, 0) is 61.4 Å². The first-order chi connectivity index (χ1) is 9.62. The maximum Gasteiger partial charge on any atom is 0.232 e. The van der Waals surface area contributed by atoms with E-state index in [-0.39, 0.29) is 11.3 Å². The molecule has 0 aromatic heterocycles. The molecule has 3 rings (SSSR count). The molecular weight excluding hydrogens is 248 g/mol. The highest BCUT2D eigenvalue weighted by molar-refractivity contribution is 5.96. The lowest BCUT2D eigenvalue weighted by Crippen LogP contribution is -2.42. The lowest BCUT2D eigenvalue weighted by atomic mass is 9.75. The molecule has 1 aromatic rings. The molecule has 1 aromatic carbocycles. The third kappa shape index (κ3) is 2.24. The van der Waals surface area contributed by atoms with Crippen LogP contribution in [0, 0.1) is 11.3 Å². The number of carbonyl (C=O) groups is 1. The van der Waals surface area contributed by atoms with E-state index in [0.29, 0.717) is 5.92 Å². The number of benzene rings is 1. The first kappa shape index (κ1) is 13.6. The number of fused-ring (bicyclic) bond motifs is 1. The molecule has 2 N–H and O–H groups in total. The van der Waals surface area contributed by atoms with E-state index in [2.05, 4.69) is 42.7 Å². The second kappa shape index (κ2) is 5.21. The molecule has 108 valence electrons. The molecule has 1 aliphatic heterocycles. The van der Waals surface area contributed by atoms with Crippen molar-refractivity contribution in [3.63, 3.8) is 0 Å². The SMILES string of the molecule is CC(C)C1(C(=O)Nc2ccc3c(c2)CCC3)CCNC1. The first-order valence-corrected chi connectivity index (χ1v) is 7.76. The molecule has 0 saturated carbocycles. The number of hydrogen-bond donors (Lipinski definition) is 2. The third-order valence-corrected chi connectivity index (χ3v) is 5.10. The van der Waals surface area contributed by atoms with Crippen molar-refractivity contribution in [1.82, 2.24) is 5.32 Å². The molecule has 1 saturated heterocycles. The molecule has 3 nitrogen and oxygen atoms in total. The van der Waals surface area contributed by atoms with Crippen LogP contribution in [0.25, 0.3) is 0 Å². The zero-order valence-corrected chi connectivity index (χ0v) is 12.5. The Morgan fingerprint density at radius 3 is 2.80 bits per heavy atom. The first-order valence-electron chi connectivity index (χ1n) is 7.76. The van der Waals surface area contributed by atoms with Crippen molar-refractivity contribution < 1.29 is 4.79 Å². The number of hydrogen-bond acceptors (Lipinski definition) is 2. The predicted molar refractivity (Wildman–Crippen MR) is 81.9 cm³/mol. The molecule has 20 heavy (non-hydrogen) atoms. The van der Waals surface area contributed by atoms with Crippen molar-refractivity contribution >= 4 is 11.6 Å². The summed E-state index contributed by atoms with van der Waals surface area (Å²) in [5, 5.41) is 6.50. The summed E-state index contributed by atoms with van der Waals surface area (Å²) in [5.41, 5.74) is 3.57. The van der Waals surface area contributed by atoms with E-state index in [1.54, 1.807) is 0 Å². The van der Waals surface area contributed by atoms with Gasteiger partial charge in [0.1, 0.15) is 0 Å². The highest BCUT2D eigenvalue weighted by atomic mass is 16.2. The van der Waals surface area contributed by atoms with Crippen molar-refractivity contribution in [2.24, 2.45) is 11.3 Å². The van der Waals surface area contributed by atoms with Gasteiger partial charge in [0, 0.05) is 12.2 Å². The van der Waals surface area contributed by atoms with Gasteiger partial charge in [-0.15, -0.1) is 0 Å². The van der Waals surface area contributed by atoms with E-state index in [1.165, 1.54) is 24.0 Å². The fourth-order valence-corrected chi connectivity index (χ4v) is 3.57. The Kier molecular flexibility index (Phi) is 3.55. The molecule has 0 spiro atoms. The third-order valence-electron chi connectivity index (χ3n) is 5.10. The van der Waals surface area contributed by atoms with Crippen molar-refractivity contribution in [1.29, 1.82) is 0 Å². The Hall–Kier alpha value is -1.35. The Balaban J connectivity index is 1.78. The Labute approximate surface area is 121 Å². The fourth-order valence-electron chi connectivity index (χ4n) is 3.57. The van der Waals surface area contributed by atoms with Gasteiger partial charge in [-0.25, -0.2) is 0 Å². The fraction of sp³-hybridized carbons (Fsp3) is 0.588. The topological polar surface area (TPSA) is 41.1 Å². The van der Waals surface area contributed by atoms with Crippen LogP contribution in [0.3, 0.4) is 0 Å². The maximum atomic E-state index is 12.7. The minimum atomic E-state index is -0.251. The van der Waals surface area contributed by atoms with Crippen LogP contribution in [0.1, 0.15) is 37.8 Å². The standard InChI is InChI=1S/C17H24N2O/c1-12(2)17(8-9-18-11-17)16(20)19-15-7-6-13-4-3-5-14(13)10-15/h6-7,10,12,18H,3-5,8-9,11H2,1-2H3,(H,19,20). The van der Waals surface area contributed by atoms with E-state index in [4.69, 9.17) is 0 Å². The van der Waals surface area contributed by atoms with Gasteiger partial charge in [0.05, 0.1) is 5.41 Å². The minimum Gasteiger partial charge on any atom is -0.326 e. The molecule has 1 aliphatic carbocycles. The predicted octanol–water partition coefficient (Wildman–Crippen LogP) is 2.75. The van der Waals surface area contributed by atoms with Gasteiger partial charge in [0.25, 0.3) is 0 Å². The largest absolute Gasteiger partial charge is 0.326 e. The summed E-state index contributed by atoms with van der Waals surface area (Å²) in [6.07, 6.45) is 4.51.